The van der Waals surface area contributed by atoms with Gasteiger partial charge in [-0.2, -0.15) is 0 Å². The van der Waals surface area contributed by atoms with Crippen molar-refractivity contribution in [3.63, 3.8) is 0 Å². The van der Waals surface area contributed by atoms with Crippen LogP contribution in [0.5, 0.6) is 5.75 Å². The lowest BCUT2D eigenvalue weighted by Gasteiger charge is -2.19. The van der Waals surface area contributed by atoms with Gasteiger partial charge in [0.2, 0.25) is 0 Å². The first-order valence-electron chi connectivity index (χ1n) is 8.81. The largest absolute Gasteiger partial charge is 0.496 e. The van der Waals surface area contributed by atoms with E-state index >= 15 is 0 Å². The molecule has 1 heterocycles. The molecular weight excluding hydrogens is 360 g/mol. The van der Waals surface area contributed by atoms with Crippen LogP contribution in [0.25, 0.3) is 10.9 Å². The third-order valence-electron chi connectivity index (χ3n) is 4.42. The second-order valence-electron chi connectivity index (χ2n) is 6.50. The monoisotopic (exact) mass is 384 g/mol. The minimum atomic E-state index is -0.110. The number of aromatic nitrogens is 2. The van der Waals surface area contributed by atoms with Crippen LogP contribution in [-0.4, -0.2) is 30.4 Å². The second kappa shape index (κ2) is 8.59. The number of hydrogen-bond acceptors (Lipinski definition) is 5. The van der Waals surface area contributed by atoms with Gasteiger partial charge in [0.05, 0.1) is 30.7 Å². The van der Waals surface area contributed by atoms with Gasteiger partial charge < -0.3 is 9.47 Å². The van der Waals surface area contributed by atoms with Gasteiger partial charge in [0.1, 0.15) is 5.75 Å². The third kappa shape index (κ3) is 4.17. The Bertz CT molecular complexity index is 1000. The first kappa shape index (κ1) is 19.5. The SMILES string of the molecule is COC[C@H](C)n1c(SCc2cc(C)ccc2OC)nc2ccccc2c1=O. The molecular formula is C21H24N2O3S. The van der Waals surface area contributed by atoms with Crippen molar-refractivity contribution in [2.75, 3.05) is 20.8 Å². The molecule has 0 radical (unpaired) electrons. The number of rotatable bonds is 7. The zero-order valence-electron chi connectivity index (χ0n) is 16.1. The molecule has 142 valence electrons. The molecule has 0 aliphatic rings. The van der Waals surface area contributed by atoms with E-state index in [1.54, 1.807) is 18.8 Å². The molecule has 0 fully saturated rings. The maximum Gasteiger partial charge on any atom is 0.262 e. The normalized spacial score (nSPS) is 12.3. The Morgan fingerprint density at radius 1 is 1.19 bits per heavy atom. The molecule has 1 atom stereocenters. The number of para-hydroxylation sites is 1. The van der Waals surface area contributed by atoms with Crippen molar-refractivity contribution in [3.8, 4) is 5.75 Å². The summed E-state index contributed by atoms with van der Waals surface area (Å²) in [6.45, 7) is 4.47. The zero-order valence-corrected chi connectivity index (χ0v) is 16.9. The molecule has 1 aromatic heterocycles. The zero-order chi connectivity index (χ0) is 19.4. The van der Waals surface area contributed by atoms with E-state index < -0.39 is 0 Å². The number of methoxy groups -OCH3 is 2. The maximum absolute atomic E-state index is 13.1. The summed E-state index contributed by atoms with van der Waals surface area (Å²) in [4.78, 5) is 17.8. The number of hydrogen-bond donors (Lipinski definition) is 0. The van der Waals surface area contributed by atoms with Crippen LogP contribution in [0, 0.1) is 6.92 Å². The Morgan fingerprint density at radius 2 is 1.96 bits per heavy atom. The molecule has 0 N–H and O–H groups in total. The Labute approximate surface area is 163 Å². The molecule has 0 spiro atoms. The fraction of sp³-hybridized carbons (Fsp3) is 0.333. The van der Waals surface area contributed by atoms with Crippen LogP contribution in [-0.2, 0) is 10.5 Å². The van der Waals surface area contributed by atoms with Gasteiger partial charge in [-0.3, -0.25) is 9.36 Å². The molecule has 27 heavy (non-hydrogen) atoms. The quantitative estimate of drug-likeness (QED) is 0.451. The average Bonchev–Trinajstić information content (AvgIpc) is 2.66. The summed E-state index contributed by atoms with van der Waals surface area (Å²) >= 11 is 1.54. The highest BCUT2D eigenvalue weighted by Crippen LogP contribution is 2.29. The molecule has 0 amide bonds. The Balaban J connectivity index is 2.03. The van der Waals surface area contributed by atoms with Crippen molar-refractivity contribution in [2.45, 2.75) is 30.8 Å². The van der Waals surface area contributed by atoms with Crippen LogP contribution in [0.1, 0.15) is 24.1 Å². The van der Waals surface area contributed by atoms with E-state index in [4.69, 9.17) is 14.5 Å². The lowest BCUT2D eigenvalue weighted by atomic mass is 10.1. The summed E-state index contributed by atoms with van der Waals surface area (Å²) in [5.74, 6) is 1.50. The summed E-state index contributed by atoms with van der Waals surface area (Å²) in [7, 11) is 3.31. The fourth-order valence-corrected chi connectivity index (χ4v) is 4.17. The highest BCUT2D eigenvalue weighted by Gasteiger charge is 2.17. The van der Waals surface area contributed by atoms with Gasteiger partial charge >= 0.3 is 0 Å². The van der Waals surface area contributed by atoms with Crippen molar-refractivity contribution in [2.24, 2.45) is 0 Å². The fourth-order valence-electron chi connectivity index (χ4n) is 3.09. The molecule has 3 aromatic rings. The summed E-state index contributed by atoms with van der Waals surface area (Å²) in [6, 6.07) is 13.4. The molecule has 3 rings (SSSR count). The van der Waals surface area contributed by atoms with E-state index in [2.05, 4.69) is 13.0 Å². The van der Waals surface area contributed by atoms with Gasteiger partial charge in [0.25, 0.3) is 5.56 Å². The molecule has 2 aromatic carbocycles. The highest BCUT2D eigenvalue weighted by atomic mass is 32.2. The van der Waals surface area contributed by atoms with Gasteiger partial charge in [0, 0.05) is 18.4 Å². The predicted octanol–water partition coefficient (Wildman–Crippen LogP) is 4.21. The minimum absolute atomic E-state index is 0.0381. The van der Waals surface area contributed by atoms with E-state index in [0.717, 1.165) is 11.3 Å². The van der Waals surface area contributed by atoms with E-state index in [0.29, 0.717) is 28.4 Å². The Hall–Kier alpha value is -2.31. The van der Waals surface area contributed by atoms with Crippen LogP contribution >= 0.6 is 11.8 Å². The topological polar surface area (TPSA) is 53.4 Å². The number of ether oxygens (including phenoxy) is 2. The number of nitrogens with zero attached hydrogens (tertiary/aromatic N) is 2. The molecule has 0 bridgehead atoms. The predicted molar refractivity (Wildman–Crippen MR) is 110 cm³/mol. The van der Waals surface area contributed by atoms with Crippen molar-refractivity contribution in [1.82, 2.24) is 9.55 Å². The van der Waals surface area contributed by atoms with Crippen LogP contribution in [0.4, 0.5) is 0 Å². The Kier molecular flexibility index (Phi) is 6.19. The average molecular weight is 385 g/mol. The molecule has 5 nitrogen and oxygen atoms in total. The van der Waals surface area contributed by atoms with Crippen LogP contribution in [0.15, 0.2) is 52.4 Å². The van der Waals surface area contributed by atoms with Gasteiger partial charge in [-0.1, -0.05) is 41.6 Å². The van der Waals surface area contributed by atoms with Crippen LogP contribution in [0.2, 0.25) is 0 Å². The first-order chi connectivity index (χ1) is 13.0. The smallest absolute Gasteiger partial charge is 0.262 e. The highest BCUT2D eigenvalue weighted by molar-refractivity contribution is 7.98. The molecule has 0 saturated carbocycles. The number of fused-ring (bicyclic) bond motifs is 1. The number of benzene rings is 2. The molecule has 0 aliphatic carbocycles. The van der Waals surface area contributed by atoms with Crippen molar-refractivity contribution >= 4 is 22.7 Å². The van der Waals surface area contributed by atoms with Crippen LogP contribution in [0.3, 0.4) is 0 Å². The summed E-state index contributed by atoms with van der Waals surface area (Å²) in [5.41, 5.74) is 2.92. The first-order valence-corrected chi connectivity index (χ1v) is 9.80. The molecule has 6 heteroatoms. The van der Waals surface area contributed by atoms with Crippen molar-refractivity contribution < 1.29 is 9.47 Å². The van der Waals surface area contributed by atoms with Gasteiger partial charge in [-0.15, -0.1) is 0 Å². The van der Waals surface area contributed by atoms with Gasteiger partial charge in [0.15, 0.2) is 5.16 Å². The van der Waals surface area contributed by atoms with E-state index in [1.165, 1.54) is 17.3 Å². The van der Waals surface area contributed by atoms with E-state index in [9.17, 15) is 4.79 Å². The number of aryl methyl sites for hydroxylation is 1. The lowest BCUT2D eigenvalue weighted by molar-refractivity contribution is 0.156. The van der Waals surface area contributed by atoms with Crippen molar-refractivity contribution in [1.29, 1.82) is 0 Å². The van der Waals surface area contributed by atoms with E-state index in [-0.39, 0.29) is 11.6 Å². The van der Waals surface area contributed by atoms with Crippen LogP contribution < -0.4 is 10.3 Å². The standard InChI is InChI=1S/C21H24N2O3S/c1-14-9-10-19(26-4)16(11-14)13-27-21-22-18-8-6-5-7-17(18)20(24)23(21)15(2)12-25-3/h5-11,15H,12-13H2,1-4H3/t15-/m0/s1. The van der Waals surface area contributed by atoms with Gasteiger partial charge in [-0.05, 0) is 32.0 Å². The summed E-state index contributed by atoms with van der Waals surface area (Å²) in [6.07, 6.45) is 0. The molecule has 0 unspecified atom stereocenters. The number of thioether (sulfide) groups is 1. The maximum atomic E-state index is 13.1. The molecule has 0 aliphatic heterocycles. The minimum Gasteiger partial charge on any atom is -0.496 e. The van der Waals surface area contributed by atoms with E-state index in [1.807, 2.05) is 43.3 Å². The molecule has 0 saturated heterocycles. The van der Waals surface area contributed by atoms with Crippen molar-refractivity contribution in [3.05, 3.63) is 63.9 Å². The lowest BCUT2D eigenvalue weighted by Crippen LogP contribution is -2.28. The second-order valence-corrected chi connectivity index (χ2v) is 7.44. The summed E-state index contributed by atoms with van der Waals surface area (Å²) < 4.78 is 12.5. The summed E-state index contributed by atoms with van der Waals surface area (Å²) in [5, 5.41) is 1.31. The van der Waals surface area contributed by atoms with Gasteiger partial charge in [-0.25, -0.2) is 4.98 Å². The Morgan fingerprint density at radius 3 is 2.70 bits per heavy atom. The third-order valence-corrected chi connectivity index (χ3v) is 5.42.